The second-order valence-electron chi connectivity index (χ2n) is 6.90. The third-order valence-corrected chi connectivity index (χ3v) is 5.90. The maximum Gasteiger partial charge on any atom is 0.265 e. The van der Waals surface area contributed by atoms with Gasteiger partial charge in [0.15, 0.2) is 5.82 Å². The first-order chi connectivity index (χ1) is 11.3. The van der Waals surface area contributed by atoms with Gasteiger partial charge in [-0.1, -0.05) is 50.2 Å². The molecule has 0 atom stereocenters. The summed E-state index contributed by atoms with van der Waals surface area (Å²) in [6.45, 7) is 5.96. The van der Waals surface area contributed by atoms with Gasteiger partial charge in [-0.3, -0.25) is 4.31 Å². The minimum Gasteiger partial charge on any atom is -0.337 e. The second-order valence-corrected chi connectivity index (χ2v) is 8.74. The van der Waals surface area contributed by atoms with Crippen LogP contribution in [0, 0.1) is 0 Å². The fourth-order valence-corrected chi connectivity index (χ4v) is 4.53. The van der Waals surface area contributed by atoms with Crippen LogP contribution in [0.3, 0.4) is 0 Å². The topological polar surface area (TPSA) is 76.3 Å². The van der Waals surface area contributed by atoms with Gasteiger partial charge in [0.2, 0.25) is 5.89 Å². The van der Waals surface area contributed by atoms with E-state index < -0.39 is 10.0 Å². The molecule has 4 rings (SSSR count). The van der Waals surface area contributed by atoms with Crippen molar-refractivity contribution in [3.63, 3.8) is 0 Å². The fraction of sp³-hybridized carbons (Fsp3) is 0.294. The maximum atomic E-state index is 12.9. The van der Waals surface area contributed by atoms with Crippen LogP contribution in [0.15, 0.2) is 45.8 Å². The van der Waals surface area contributed by atoms with E-state index in [-0.39, 0.29) is 17.9 Å². The Balaban J connectivity index is 1.80. The van der Waals surface area contributed by atoms with Gasteiger partial charge in [0, 0.05) is 10.8 Å². The van der Waals surface area contributed by atoms with Crippen molar-refractivity contribution in [1.29, 1.82) is 0 Å². The molecule has 0 aliphatic carbocycles. The van der Waals surface area contributed by atoms with Crippen molar-refractivity contribution in [3.8, 4) is 0 Å². The number of nitrogens with zero attached hydrogens (tertiary/aromatic N) is 3. The van der Waals surface area contributed by atoms with Gasteiger partial charge in [-0.2, -0.15) is 4.98 Å². The minimum absolute atomic E-state index is 0.0270. The van der Waals surface area contributed by atoms with Gasteiger partial charge in [0.1, 0.15) is 6.54 Å². The standard InChI is InChI=1S/C17H17N3O3S/c1-17(2,3)16-18-14(23-19-16)10-20-12-8-4-6-11-7-5-9-13(15(11)12)24(20,21)22/h4-9H,10H2,1-3H3. The molecular weight excluding hydrogens is 326 g/mol. The van der Waals surface area contributed by atoms with Gasteiger partial charge in [-0.05, 0) is 17.5 Å². The van der Waals surface area contributed by atoms with Gasteiger partial charge in [-0.25, -0.2) is 8.42 Å². The molecule has 0 fully saturated rings. The zero-order chi connectivity index (χ0) is 17.1. The highest BCUT2D eigenvalue weighted by molar-refractivity contribution is 7.93. The minimum atomic E-state index is -3.62. The Bertz CT molecular complexity index is 1040. The quantitative estimate of drug-likeness (QED) is 0.714. The van der Waals surface area contributed by atoms with Crippen LogP contribution in [0.5, 0.6) is 0 Å². The van der Waals surface area contributed by atoms with Gasteiger partial charge >= 0.3 is 0 Å². The zero-order valence-corrected chi connectivity index (χ0v) is 14.5. The van der Waals surface area contributed by atoms with Crippen molar-refractivity contribution in [1.82, 2.24) is 10.1 Å². The average Bonchev–Trinajstić information content (AvgIpc) is 3.07. The summed E-state index contributed by atoms with van der Waals surface area (Å²) >= 11 is 0. The van der Waals surface area contributed by atoms with E-state index in [0.717, 1.165) is 10.8 Å². The molecule has 2 aromatic carbocycles. The Morgan fingerprint density at radius 2 is 1.83 bits per heavy atom. The van der Waals surface area contributed by atoms with E-state index in [9.17, 15) is 8.42 Å². The van der Waals surface area contributed by atoms with Crippen LogP contribution in [0.4, 0.5) is 5.69 Å². The van der Waals surface area contributed by atoms with Crippen LogP contribution in [0.1, 0.15) is 32.5 Å². The number of hydrogen-bond donors (Lipinski definition) is 0. The molecule has 1 aromatic heterocycles. The van der Waals surface area contributed by atoms with Crippen LogP contribution >= 0.6 is 0 Å². The van der Waals surface area contributed by atoms with Crippen molar-refractivity contribution in [2.24, 2.45) is 0 Å². The monoisotopic (exact) mass is 343 g/mol. The Morgan fingerprint density at radius 1 is 1.12 bits per heavy atom. The van der Waals surface area contributed by atoms with Crippen LogP contribution in [-0.2, 0) is 22.0 Å². The van der Waals surface area contributed by atoms with Crippen LogP contribution < -0.4 is 4.31 Å². The van der Waals surface area contributed by atoms with Gasteiger partial charge in [-0.15, -0.1) is 0 Å². The summed E-state index contributed by atoms with van der Waals surface area (Å²) in [6, 6.07) is 10.9. The Morgan fingerprint density at radius 3 is 2.50 bits per heavy atom. The number of benzene rings is 2. The molecule has 1 aliphatic heterocycles. The number of anilines is 1. The molecule has 0 unspecified atom stereocenters. The third kappa shape index (κ3) is 2.11. The predicted octanol–water partition coefficient (Wildman–Crippen LogP) is 3.23. The van der Waals surface area contributed by atoms with Gasteiger partial charge < -0.3 is 4.52 Å². The number of sulfonamides is 1. The SMILES string of the molecule is CC(C)(C)c1noc(CN2c3cccc4cccc(c34)S2(=O)=O)n1. The van der Waals surface area contributed by atoms with Gasteiger partial charge in [0.05, 0.1) is 10.6 Å². The lowest BCUT2D eigenvalue weighted by molar-refractivity contribution is 0.364. The highest BCUT2D eigenvalue weighted by Gasteiger charge is 2.36. The van der Waals surface area contributed by atoms with Crippen LogP contribution in [0.2, 0.25) is 0 Å². The largest absolute Gasteiger partial charge is 0.337 e. The molecule has 0 saturated heterocycles. The highest BCUT2D eigenvalue weighted by Crippen LogP contribution is 2.42. The van der Waals surface area contributed by atoms with Crippen molar-refractivity contribution in [3.05, 3.63) is 48.1 Å². The van der Waals surface area contributed by atoms with Crippen molar-refractivity contribution in [2.45, 2.75) is 37.6 Å². The maximum absolute atomic E-state index is 12.9. The molecular formula is C17H17N3O3S. The summed E-state index contributed by atoms with van der Waals surface area (Å²) in [5, 5.41) is 5.61. The van der Waals surface area contributed by atoms with E-state index in [1.54, 1.807) is 18.2 Å². The van der Waals surface area contributed by atoms with E-state index >= 15 is 0 Å². The first-order valence-corrected chi connectivity index (χ1v) is 9.10. The molecule has 0 bridgehead atoms. The summed E-state index contributed by atoms with van der Waals surface area (Å²) in [5.74, 6) is 0.845. The molecule has 0 saturated carbocycles. The average molecular weight is 343 g/mol. The summed E-state index contributed by atoms with van der Waals surface area (Å²) in [4.78, 5) is 4.68. The molecule has 6 nitrogen and oxygen atoms in total. The first-order valence-electron chi connectivity index (χ1n) is 7.66. The number of rotatable bonds is 2. The van der Waals surface area contributed by atoms with E-state index in [2.05, 4.69) is 10.1 Å². The molecule has 0 radical (unpaired) electrons. The van der Waals surface area contributed by atoms with E-state index in [4.69, 9.17) is 4.52 Å². The summed E-state index contributed by atoms with van der Waals surface area (Å²) in [6.07, 6.45) is 0. The third-order valence-electron chi connectivity index (χ3n) is 4.10. The lowest BCUT2D eigenvalue weighted by Gasteiger charge is -2.16. The first kappa shape index (κ1) is 15.1. The second kappa shape index (κ2) is 4.80. The lowest BCUT2D eigenvalue weighted by Crippen LogP contribution is -2.26. The highest BCUT2D eigenvalue weighted by atomic mass is 32.2. The van der Waals surface area contributed by atoms with Gasteiger partial charge in [0.25, 0.3) is 10.0 Å². The Hall–Kier alpha value is -2.41. The van der Waals surface area contributed by atoms with Crippen molar-refractivity contribution in [2.75, 3.05) is 4.31 Å². The number of aromatic nitrogens is 2. The summed E-state index contributed by atoms with van der Waals surface area (Å²) < 4.78 is 32.4. The molecule has 7 heteroatoms. The van der Waals surface area contributed by atoms with Crippen LogP contribution in [-0.4, -0.2) is 18.6 Å². The van der Waals surface area contributed by atoms with Crippen molar-refractivity contribution < 1.29 is 12.9 Å². The van der Waals surface area contributed by atoms with E-state index in [0.29, 0.717) is 16.4 Å². The Kier molecular flexibility index (Phi) is 3.02. The number of hydrogen-bond acceptors (Lipinski definition) is 5. The predicted molar refractivity (Wildman–Crippen MR) is 90.3 cm³/mol. The molecule has 0 N–H and O–H groups in total. The molecule has 24 heavy (non-hydrogen) atoms. The lowest BCUT2D eigenvalue weighted by atomic mass is 9.96. The zero-order valence-electron chi connectivity index (χ0n) is 13.6. The molecule has 3 aromatic rings. The van der Waals surface area contributed by atoms with Crippen molar-refractivity contribution >= 4 is 26.5 Å². The molecule has 124 valence electrons. The normalized spacial score (nSPS) is 16.0. The molecule has 2 heterocycles. The molecule has 0 spiro atoms. The Labute approximate surface area is 140 Å². The fourth-order valence-electron chi connectivity index (χ4n) is 2.88. The van der Waals surface area contributed by atoms with E-state index in [1.165, 1.54) is 4.31 Å². The smallest absolute Gasteiger partial charge is 0.265 e. The van der Waals surface area contributed by atoms with E-state index in [1.807, 2.05) is 39.0 Å². The molecule has 1 aliphatic rings. The summed E-state index contributed by atoms with van der Waals surface area (Å²) in [7, 11) is -3.62. The summed E-state index contributed by atoms with van der Waals surface area (Å²) in [5.41, 5.74) is 0.396. The van der Waals surface area contributed by atoms with Crippen LogP contribution in [0.25, 0.3) is 10.8 Å². The molecule has 0 amide bonds.